The highest BCUT2D eigenvalue weighted by Crippen LogP contribution is 2.44. The van der Waals surface area contributed by atoms with E-state index in [1.165, 1.54) is 36.8 Å². The van der Waals surface area contributed by atoms with Crippen molar-refractivity contribution in [3.05, 3.63) is 59.2 Å². The molecule has 0 amide bonds. The highest BCUT2D eigenvalue weighted by molar-refractivity contribution is 5.72. The molecule has 0 N–H and O–H groups in total. The number of benzene rings is 2. The van der Waals surface area contributed by atoms with Gasteiger partial charge in [-0.25, -0.2) is 0 Å². The fourth-order valence-corrected chi connectivity index (χ4v) is 3.43. The quantitative estimate of drug-likeness (QED) is 0.676. The van der Waals surface area contributed by atoms with Crippen LogP contribution in [0.4, 0.5) is 0 Å². The molecule has 23 heavy (non-hydrogen) atoms. The molecule has 3 rings (SSSR count). The van der Waals surface area contributed by atoms with E-state index in [4.69, 9.17) is 9.47 Å². The van der Waals surface area contributed by atoms with E-state index in [0.29, 0.717) is 5.92 Å². The van der Waals surface area contributed by atoms with Crippen LogP contribution in [0.1, 0.15) is 48.3 Å². The third-order valence-electron chi connectivity index (χ3n) is 4.60. The van der Waals surface area contributed by atoms with E-state index in [0.717, 1.165) is 17.1 Å². The third kappa shape index (κ3) is 3.58. The highest BCUT2D eigenvalue weighted by Gasteiger charge is 2.24. The van der Waals surface area contributed by atoms with Gasteiger partial charge in [-0.05, 0) is 42.0 Å². The van der Waals surface area contributed by atoms with Crippen molar-refractivity contribution in [2.24, 2.45) is 0 Å². The van der Waals surface area contributed by atoms with E-state index in [-0.39, 0.29) is 0 Å². The third-order valence-corrected chi connectivity index (χ3v) is 4.60. The molecule has 0 saturated heterocycles. The smallest absolute Gasteiger partial charge is 0.126 e. The van der Waals surface area contributed by atoms with Crippen molar-refractivity contribution in [3.63, 3.8) is 0 Å². The largest absolute Gasteiger partial charge is 0.496 e. The standard InChI is InChI=1S/C21H24O2/c1-22-19-14-17(13-12-16-8-4-3-5-9-16)15-20(23-2)21(19)18-10-6-7-11-18/h3-5,8-9,12-15,18H,6-7,10-11H2,1-2H3. The predicted octanol–water partition coefficient (Wildman–Crippen LogP) is 5.53. The summed E-state index contributed by atoms with van der Waals surface area (Å²) in [6.45, 7) is 0. The molecule has 0 aliphatic heterocycles. The Morgan fingerprint density at radius 1 is 0.826 bits per heavy atom. The summed E-state index contributed by atoms with van der Waals surface area (Å²) in [5, 5.41) is 0. The summed E-state index contributed by atoms with van der Waals surface area (Å²) in [5.74, 6) is 2.46. The van der Waals surface area contributed by atoms with Crippen LogP contribution >= 0.6 is 0 Å². The minimum Gasteiger partial charge on any atom is -0.496 e. The van der Waals surface area contributed by atoms with Gasteiger partial charge in [-0.1, -0.05) is 55.3 Å². The van der Waals surface area contributed by atoms with E-state index < -0.39 is 0 Å². The predicted molar refractivity (Wildman–Crippen MR) is 96.1 cm³/mol. The van der Waals surface area contributed by atoms with E-state index in [1.54, 1.807) is 14.2 Å². The Kier molecular flexibility index (Phi) is 5.02. The number of ether oxygens (including phenoxy) is 2. The zero-order chi connectivity index (χ0) is 16.1. The molecule has 2 nitrogen and oxygen atoms in total. The molecule has 0 bridgehead atoms. The maximum atomic E-state index is 5.68. The van der Waals surface area contributed by atoms with Gasteiger partial charge in [0, 0.05) is 5.56 Å². The second kappa shape index (κ2) is 7.36. The monoisotopic (exact) mass is 308 g/mol. The number of methoxy groups -OCH3 is 2. The molecule has 0 atom stereocenters. The van der Waals surface area contributed by atoms with E-state index in [1.807, 2.05) is 18.2 Å². The maximum Gasteiger partial charge on any atom is 0.126 e. The average molecular weight is 308 g/mol. The van der Waals surface area contributed by atoms with Gasteiger partial charge in [0.05, 0.1) is 14.2 Å². The van der Waals surface area contributed by atoms with Crippen LogP contribution in [-0.2, 0) is 0 Å². The second-order valence-electron chi connectivity index (χ2n) is 6.06. The van der Waals surface area contributed by atoms with Crippen molar-refractivity contribution in [3.8, 4) is 11.5 Å². The lowest BCUT2D eigenvalue weighted by atomic mass is 9.94. The Morgan fingerprint density at radius 2 is 1.39 bits per heavy atom. The lowest BCUT2D eigenvalue weighted by molar-refractivity contribution is 0.378. The summed E-state index contributed by atoms with van der Waals surface area (Å²) >= 11 is 0. The summed E-state index contributed by atoms with van der Waals surface area (Å²) in [6.07, 6.45) is 9.28. The highest BCUT2D eigenvalue weighted by atomic mass is 16.5. The molecule has 1 fully saturated rings. The van der Waals surface area contributed by atoms with Gasteiger partial charge < -0.3 is 9.47 Å². The van der Waals surface area contributed by atoms with Crippen LogP contribution < -0.4 is 9.47 Å². The molecular formula is C21H24O2. The molecule has 0 aromatic heterocycles. The first-order valence-electron chi connectivity index (χ1n) is 8.31. The molecule has 120 valence electrons. The first kappa shape index (κ1) is 15.7. The van der Waals surface area contributed by atoms with Crippen LogP contribution in [0.15, 0.2) is 42.5 Å². The fraction of sp³-hybridized carbons (Fsp3) is 0.333. The Labute approximate surface area is 138 Å². The summed E-state index contributed by atoms with van der Waals surface area (Å²) in [6, 6.07) is 14.6. The molecule has 2 aromatic rings. The lowest BCUT2D eigenvalue weighted by Gasteiger charge is -2.19. The average Bonchev–Trinajstić information content (AvgIpc) is 3.14. The minimum atomic E-state index is 0.562. The van der Waals surface area contributed by atoms with Gasteiger partial charge in [0.25, 0.3) is 0 Å². The summed E-state index contributed by atoms with van der Waals surface area (Å²) in [4.78, 5) is 0. The molecule has 1 saturated carbocycles. The van der Waals surface area contributed by atoms with Gasteiger partial charge in [0.2, 0.25) is 0 Å². The molecule has 0 spiro atoms. The summed E-state index contributed by atoms with van der Waals surface area (Å²) in [7, 11) is 3.50. The van der Waals surface area contributed by atoms with Crippen molar-refractivity contribution >= 4 is 12.2 Å². The van der Waals surface area contributed by atoms with Gasteiger partial charge in [-0.3, -0.25) is 0 Å². The zero-order valence-corrected chi connectivity index (χ0v) is 13.9. The number of hydrogen-bond acceptors (Lipinski definition) is 2. The van der Waals surface area contributed by atoms with Crippen molar-refractivity contribution in [2.75, 3.05) is 14.2 Å². The topological polar surface area (TPSA) is 18.5 Å². The lowest BCUT2D eigenvalue weighted by Crippen LogP contribution is -2.01. The van der Waals surface area contributed by atoms with Crippen LogP contribution in [0.5, 0.6) is 11.5 Å². The maximum absolute atomic E-state index is 5.68. The van der Waals surface area contributed by atoms with Gasteiger partial charge >= 0.3 is 0 Å². The van der Waals surface area contributed by atoms with Crippen LogP contribution in [0.2, 0.25) is 0 Å². The Hall–Kier alpha value is -2.22. The van der Waals surface area contributed by atoms with Gasteiger partial charge in [0.1, 0.15) is 11.5 Å². The first-order valence-corrected chi connectivity index (χ1v) is 8.31. The molecular weight excluding hydrogens is 284 g/mol. The Morgan fingerprint density at radius 3 is 1.96 bits per heavy atom. The van der Waals surface area contributed by atoms with Crippen molar-refractivity contribution in [1.82, 2.24) is 0 Å². The van der Waals surface area contributed by atoms with Gasteiger partial charge in [-0.2, -0.15) is 0 Å². The molecule has 1 aliphatic rings. The summed E-state index contributed by atoms with van der Waals surface area (Å²) < 4.78 is 11.4. The van der Waals surface area contributed by atoms with Crippen LogP contribution in [0, 0.1) is 0 Å². The molecule has 1 aliphatic carbocycles. The second-order valence-corrected chi connectivity index (χ2v) is 6.06. The SMILES string of the molecule is COc1cc(C=Cc2ccccc2)cc(OC)c1C1CCCC1. The van der Waals surface area contributed by atoms with Crippen molar-refractivity contribution in [1.29, 1.82) is 0 Å². The molecule has 0 unspecified atom stereocenters. The first-order chi connectivity index (χ1) is 11.3. The number of hydrogen-bond donors (Lipinski definition) is 0. The molecule has 2 heteroatoms. The molecule has 2 aromatic carbocycles. The van der Waals surface area contributed by atoms with E-state index in [9.17, 15) is 0 Å². The molecule has 0 heterocycles. The van der Waals surface area contributed by atoms with Gasteiger partial charge in [0.15, 0.2) is 0 Å². The summed E-state index contributed by atoms with van der Waals surface area (Å²) in [5.41, 5.74) is 3.53. The number of rotatable bonds is 5. The fourth-order valence-electron chi connectivity index (χ4n) is 3.43. The van der Waals surface area contributed by atoms with Gasteiger partial charge in [-0.15, -0.1) is 0 Å². The minimum absolute atomic E-state index is 0.562. The Balaban J connectivity index is 1.94. The van der Waals surface area contributed by atoms with Crippen molar-refractivity contribution < 1.29 is 9.47 Å². The van der Waals surface area contributed by atoms with Crippen LogP contribution in [0.3, 0.4) is 0 Å². The van der Waals surface area contributed by atoms with E-state index in [2.05, 4.69) is 36.4 Å². The van der Waals surface area contributed by atoms with Crippen LogP contribution in [-0.4, -0.2) is 14.2 Å². The molecule has 0 radical (unpaired) electrons. The zero-order valence-electron chi connectivity index (χ0n) is 13.9. The van der Waals surface area contributed by atoms with E-state index >= 15 is 0 Å². The van der Waals surface area contributed by atoms with Crippen LogP contribution in [0.25, 0.3) is 12.2 Å². The Bertz CT molecular complexity index is 642. The normalized spacial score (nSPS) is 15.2. The van der Waals surface area contributed by atoms with Crippen molar-refractivity contribution in [2.45, 2.75) is 31.6 Å².